The molecule has 5 saturated carbocycles. The highest BCUT2D eigenvalue weighted by molar-refractivity contribution is 5.21. The zero-order valence-corrected chi connectivity index (χ0v) is 21.7. The second kappa shape index (κ2) is 6.64. The number of aliphatic hydroxyl groups is 1. The monoisotopic (exact) mass is 426 g/mol. The minimum Gasteiger partial charge on any atom is -0.393 e. The van der Waals surface area contributed by atoms with Crippen LogP contribution in [0.5, 0.6) is 0 Å². The fourth-order valence-corrected chi connectivity index (χ4v) is 11.5. The highest BCUT2D eigenvalue weighted by Gasteiger charge is 2.70. The molecule has 0 heterocycles. The molecule has 10 atom stereocenters. The van der Waals surface area contributed by atoms with Crippen LogP contribution in [-0.2, 0) is 0 Å². The number of rotatable bonds is 1. The van der Waals surface area contributed by atoms with Crippen LogP contribution >= 0.6 is 0 Å². The summed E-state index contributed by atoms with van der Waals surface area (Å²) in [6, 6.07) is 0. The summed E-state index contributed by atoms with van der Waals surface area (Å²) < 4.78 is 0. The first-order valence-electron chi connectivity index (χ1n) is 13.6. The van der Waals surface area contributed by atoms with Crippen LogP contribution in [0, 0.1) is 56.7 Å². The normalized spacial score (nSPS) is 57.9. The van der Waals surface area contributed by atoms with Crippen molar-refractivity contribution in [3.05, 3.63) is 12.2 Å². The Morgan fingerprint density at radius 3 is 2.13 bits per heavy atom. The van der Waals surface area contributed by atoms with Crippen molar-refractivity contribution in [2.24, 2.45) is 56.7 Å². The van der Waals surface area contributed by atoms with Gasteiger partial charge >= 0.3 is 0 Å². The van der Waals surface area contributed by atoms with Gasteiger partial charge in [-0.25, -0.2) is 0 Å². The molecule has 1 N–H and O–H groups in total. The maximum absolute atomic E-state index is 10.9. The van der Waals surface area contributed by atoms with E-state index in [1.165, 1.54) is 63.4 Å². The van der Waals surface area contributed by atoms with E-state index in [4.69, 9.17) is 0 Å². The Morgan fingerprint density at radius 2 is 1.45 bits per heavy atom. The Morgan fingerprint density at radius 1 is 0.742 bits per heavy atom. The summed E-state index contributed by atoms with van der Waals surface area (Å²) in [5.41, 5.74) is 3.38. The third kappa shape index (κ3) is 2.65. The molecule has 0 aromatic rings. The smallest absolute Gasteiger partial charge is 0.0594 e. The van der Waals surface area contributed by atoms with E-state index in [1.54, 1.807) is 0 Å². The lowest BCUT2D eigenvalue weighted by Crippen LogP contribution is -2.66. The summed E-state index contributed by atoms with van der Waals surface area (Å²) in [6.07, 6.45) is 13.4. The molecule has 0 aromatic carbocycles. The fourth-order valence-electron chi connectivity index (χ4n) is 11.5. The van der Waals surface area contributed by atoms with Crippen molar-refractivity contribution in [3.8, 4) is 0 Å². The van der Waals surface area contributed by atoms with E-state index in [1.807, 2.05) is 0 Å². The lowest BCUT2D eigenvalue weighted by atomic mass is 9.32. The summed E-state index contributed by atoms with van der Waals surface area (Å²) in [4.78, 5) is 0. The Kier molecular flexibility index (Phi) is 4.82. The Bertz CT molecular complexity index is 766. The molecule has 5 fully saturated rings. The van der Waals surface area contributed by atoms with Gasteiger partial charge in [0.15, 0.2) is 0 Å². The number of allylic oxidation sites excluding steroid dienone is 1. The third-order valence-electron chi connectivity index (χ3n) is 13.5. The van der Waals surface area contributed by atoms with Gasteiger partial charge in [-0.3, -0.25) is 0 Å². The van der Waals surface area contributed by atoms with Gasteiger partial charge in [-0.05, 0) is 128 Å². The van der Waals surface area contributed by atoms with Crippen LogP contribution in [0.1, 0.15) is 113 Å². The van der Waals surface area contributed by atoms with Crippen molar-refractivity contribution in [2.75, 3.05) is 0 Å². The SMILES string of the molecule is C=C(C)[C@@H]1CC[C@@]2(C)CC[C@@]3(C)[C@@H](CC[C@H]4[C@]5(C)CC[C@@H](O)C(C)(C)[C@H]5CC[C@@]43C)[C@H]12. The highest BCUT2D eigenvalue weighted by Crippen LogP contribution is 2.77. The predicted octanol–water partition coefficient (Wildman–Crippen LogP) is 8.02. The summed E-state index contributed by atoms with van der Waals surface area (Å²) in [5, 5.41) is 10.9. The lowest BCUT2D eigenvalue weighted by molar-refractivity contribution is -0.246. The molecule has 5 aliphatic carbocycles. The Hall–Kier alpha value is -0.300. The zero-order valence-electron chi connectivity index (χ0n) is 21.7. The van der Waals surface area contributed by atoms with E-state index < -0.39 is 0 Å². The van der Waals surface area contributed by atoms with Crippen molar-refractivity contribution in [1.29, 1.82) is 0 Å². The highest BCUT2D eigenvalue weighted by atomic mass is 16.3. The first-order chi connectivity index (χ1) is 14.3. The zero-order chi connectivity index (χ0) is 22.6. The van der Waals surface area contributed by atoms with Crippen molar-refractivity contribution < 1.29 is 5.11 Å². The van der Waals surface area contributed by atoms with Gasteiger partial charge in [0, 0.05) is 0 Å². The number of fused-ring (bicyclic) bond motifs is 7. The van der Waals surface area contributed by atoms with E-state index in [2.05, 4.69) is 55.0 Å². The standard InChI is InChI=1S/C30H50O/c1-19(2)20-11-14-27(5)17-18-29(7)21(25(20)27)9-10-23-28(6)15-13-24(31)26(3,4)22(28)12-16-30(23,29)8/h20-25,31H,1,9-18H2,2-8H3/t20-,21-,22+,23-,24+,25-,27-,28+,29-,30-/m0/s1. The topological polar surface area (TPSA) is 20.2 Å². The van der Waals surface area contributed by atoms with Crippen molar-refractivity contribution in [1.82, 2.24) is 0 Å². The summed E-state index contributed by atoms with van der Waals surface area (Å²) >= 11 is 0. The quantitative estimate of drug-likeness (QED) is 0.421. The van der Waals surface area contributed by atoms with Crippen LogP contribution in [0.3, 0.4) is 0 Å². The van der Waals surface area contributed by atoms with Gasteiger partial charge in [0.1, 0.15) is 0 Å². The molecular formula is C30H50O. The van der Waals surface area contributed by atoms with Crippen molar-refractivity contribution in [3.63, 3.8) is 0 Å². The average molecular weight is 427 g/mol. The van der Waals surface area contributed by atoms with Crippen LogP contribution in [0.15, 0.2) is 12.2 Å². The molecule has 0 saturated heterocycles. The van der Waals surface area contributed by atoms with Crippen LogP contribution in [0.25, 0.3) is 0 Å². The van der Waals surface area contributed by atoms with Gasteiger partial charge < -0.3 is 5.11 Å². The maximum Gasteiger partial charge on any atom is 0.0594 e. The molecule has 0 aliphatic heterocycles. The minimum absolute atomic E-state index is 0.0632. The molecule has 0 radical (unpaired) electrons. The second-order valence-electron chi connectivity index (χ2n) is 14.7. The lowest BCUT2D eigenvalue weighted by Gasteiger charge is -2.73. The molecule has 5 aliphatic rings. The largest absolute Gasteiger partial charge is 0.393 e. The fraction of sp³-hybridized carbons (Fsp3) is 0.933. The average Bonchev–Trinajstić information content (AvgIpc) is 3.04. The molecule has 0 unspecified atom stereocenters. The molecule has 31 heavy (non-hydrogen) atoms. The number of hydrogen-bond acceptors (Lipinski definition) is 1. The molecular weight excluding hydrogens is 376 g/mol. The maximum atomic E-state index is 10.9. The summed E-state index contributed by atoms with van der Waals surface area (Å²) in [6.45, 7) is 22.3. The van der Waals surface area contributed by atoms with E-state index in [-0.39, 0.29) is 11.5 Å². The van der Waals surface area contributed by atoms with Crippen LogP contribution in [-0.4, -0.2) is 11.2 Å². The van der Waals surface area contributed by atoms with Crippen molar-refractivity contribution in [2.45, 2.75) is 119 Å². The molecule has 1 nitrogen and oxygen atoms in total. The van der Waals surface area contributed by atoms with Gasteiger partial charge in [-0.1, -0.05) is 53.7 Å². The van der Waals surface area contributed by atoms with E-state index in [0.29, 0.717) is 27.6 Å². The molecule has 176 valence electrons. The van der Waals surface area contributed by atoms with Crippen LogP contribution in [0.2, 0.25) is 0 Å². The second-order valence-corrected chi connectivity index (χ2v) is 14.7. The Labute approximate surface area is 192 Å². The molecule has 0 aromatic heterocycles. The van der Waals surface area contributed by atoms with E-state index in [9.17, 15) is 5.11 Å². The Balaban J connectivity index is 1.54. The summed E-state index contributed by atoms with van der Waals surface area (Å²) in [5.74, 6) is 3.98. The predicted molar refractivity (Wildman–Crippen MR) is 131 cm³/mol. The van der Waals surface area contributed by atoms with Gasteiger partial charge in [0.05, 0.1) is 6.10 Å². The third-order valence-corrected chi connectivity index (χ3v) is 13.5. The van der Waals surface area contributed by atoms with Gasteiger partial charge in [-0.15, -0.1) is 0 Å². The first-order valence-corrected chi connectivity index (χ1v) is 13.6. The minimum atomic E-state index is -0.118. The van der Waals surface area contributed by atoms with Gasteiger partial charge in [0.25, 0.3) is 0 Å². The number of hydrogen-bond donors (Lipinski definition) is 1. The van der Waals surface area contributed by atoms with Crippen molar-refractivity contribution >= 4 is 0 Å². The number of aliphatic hydroxyl groups excluding tert-OH is 1. The van der Waals surface area contributed by atoms with Gasteiger partial charge in [-0.2, -0.15) is 0 Å². The van der Waals surface area contributed by atoms with Gasteiger partial charge in [0.2, 0.25) is 0 Å². The first kappa shape index (κ1) is 22.5. The molecule has 0 spiro atoms. The molecule has 0 bridgehead atoms. The molecule has 1 heteroatoms. The summed E-state index contributed by atoms with van der Waals surface area (Å²) in [7, 11) is 0. The van der Waals surface area contributed by atoms with Crippen LogP contribution < -0.4 is 0 Å². The van der Waals surface area contributed by atoms with E-state index >= 15 is 0 Å². The molecule has 5 rings (SSSR count). The molecule has 0 amide bonds. The van der Waals surface area contributed by atoms with E-state index in [0.717, 1.165) is 30.1 Å². The van der Waals surface area contributed by atoms with Crippen LogP contribution in [0.4, 0.5) is 0 Å².